The van der Waals surface area contributed by atoms with Gasteiger partial charge in [0.25, 0.3) is 0 Å². The molecule has 0 aromatic heterocycles. The minimum Gasteiger partial charge on any atom is -0.198 e. The summed E-state index contributed by atoms with van der Waals surface area (Å²) in [5.41, 5.74) is 5.92. The second-order valence-corrected chi connectivity index (χ2v) is 6.32. The molecule has 0 spiro atoms. The van der Waals surface area contributed by atoms with Crippen molar-refractivity contribution in [3.8, 4) is 28.3 Å². The summed E-state index contributed by atoms with van der Waals surface area (Å²) in [5.74, 6) is -0.0556. The van der Waals surface area contributed by atoms with Crippen LogP contribution in [0.15, 0.2) is 78.9 Å². The molecule has 1 nitrogen and oxygen atoms in total. The van der Waals surface area contributed by atoms with Crippen molar-refractivity contribution in [2.45, 2.75) is 32.1 Å². The van der Waals surface area contributed by atoms with Crippen molar-refractivity contribution in [1.82, 2.24) is 0 Å². The third kappa shape index (κ3) is 3.80. The highest BCUT2D eigenvalue weighted by molar-refractivity contribution is 5.85. The Morgan fingerprint density at radius 1 is 0.760 bits per heavy atom. The average molecular weight is 325 g/mol. The van der Waals surface area contributed by atoms with E-state index in [4.69, 9.17) is 0 Å². The lowest BCUT2D eigenvalue weighted by Gasteiger charge is -2.17. The minimum atomic E-state index is -0.0556. The summed E-state index contributed by atoms with van der Waals surface area (Å²) in [5, 5.41) is 9.71. The molecule has 0 bridgehead atoms. The molecule has 124 valence electrons. The Balaban J connectivity index is 2.11. The van der Waals surface area contributed by atoms with Crippen LogP contribution in [0.4, 0.5) is 0 Å². The fourth-order valence-electron chi connectivity index (χ4n) is 3.33. The summed E-state index contributed by atoms with van der Waals surface area (Å²) in [6.07, 6.45) is 3.10. The molecule has 0 saturated carbocycles. The van der Waals surface area contributed by atoms with Gasteiger partial charge in [-0.05, 0) is 34.2 Å². The summed E-state index contributed by atoms with van der Waals surface area (Å²) in [6.45, 7) is 2.17. The smallest absolute Gasteiger partial charge is 0.0718 e. The molecule has 1 heteroatoms. The van der Waals surface area contributed by atoms with Gasteiger partial charge in [0.15, 0.2) is 0 Å². The van der Waals surface area contributed by atoms with Crippen LogP contribution in [0.2, 0.25) is 0 Å². The van der Waals surface area contributed by atoms with Gasteiger partial charge in [-0.15, -0.1) is 0 Å². The number of nitrogens with zero attached hydrogens (tertiary/aromatic N) is 1. The zero-order chi connectivity index (χ0) is 17.5. The zero-order valence-electron chi connectivity index (χ0n) is 14.7. The van der Waals surface area contributed by atoms with E-state index in [0.29, 0.717) is 0 Å². The van der Waals surface area contributed by atoms with Gasteiger partial charge < -0.3 is 0 Å². The van der Waals surface area contributed by atoms with Gasteiger partial charge in [-0.3, -0.25) is 0 Å². The third-order valence-electron chi connectivity index (χ3n) is 4.64. The molecular formula is C24H23N. The van der Waals surface area contributed by atoms with E-state index in [2.05, 4.69) is 79.7 Å². The number of hydrogen-bond donors (Lipinski definition) is 0. The molecular weight excluding hydrogens is 302 g/mol. The summed E-state index contributed by atoms with van der Waals surface area (Å²) in [4.78, 5) is 0. The van der Waals surface area contributed by atoms with E-state index in [-0.39, 0.29) is 5.92 Å². The highest BCUT2D eigenvalue weighted by Gasteiger charge is 2.17. The van der Waals surface area contributed by atoms with E-state index in [1.807, 2.05) is 12.1 Å². The Morgan fingerprint density at radius 2 is 1.36 bits per heavy atom. The predicted molar refractivity (Wildman–Crippen MR) is 105 cm³/mol. The minimum absolute atomic E-state index is 0.0556. The number of rotatable bonds is 6. The molecule has 0 aliphatic heterocycles. The SMILES string of the molecule is CCCCC(C#N)c1ccccc1-c1ccccc1-c1ccccc1. The third-order valence-corrected chi connectivity index (χ3v) is 4.64. The van der Waals surface area contributed by atoms with Crippen LogP contribution < -0.4 is 0 Å². The van der Waals surface area contributed by atoms with E-state index < -0.39 is 0 Å². The first-order chi connectivity index (χ1) is 12.3. The fraction of sp³-hybridized carbons (Fsp3) is 0.208. The molecule has 0 fully saturated rings. The molecule has 3 aromatic carbocycles. The molecule has 0 aliphatic rings. The molecule has 0 saturated heterocycles. The quantitative estimate of drug-likeness (QED) is 0.488. The van der Waals surface area contributed by atoms with Crippen molar-refractivity contribution >= 4 is 0 Å². The number of nitriles is 1. The molecule has 25 heavy (non-hydrogen) atoms. The Labute approximate surface area is 150 Å². The standard InChI is InChI=1S/C24H23N/c1-2-3-11-20(18-25)22-15-8-10-17-24(22)23-16-9-7-14-21(23)19-12-5-4-6-13-19/h4-10,12-17,20H,2-3,11H2,1H3. The van der Waals surface area contributed by atoms with Gasteiger partial charge in [-0.1, -0.05) is 98.6 Å². The summed E-state index contributed by atoms with van der Waals surface area (Å²) < 4.78 is 0. The van der Waals surface area contributed by atoms with E-state index >= 15 is 0 Å². The van der Waals surface area contributed by atoms with Crippen LogP contribution in [0.25, 0.3) is 22.3 Å². The van der Waals surface area contributed by atoms with Gasteiger partial charge in [-0.2, -0.15) is 5.26 Å². The van der Waals surface area contributed by atoms with Crippen molar-refractivity contribution in [1.29, 1.82) is 5.26 Å². The maximum absolute atomic E-state index is 9.71. The van der Waals surface area contributed by atoms with Crippen LogP contribution in [-0.4, -0.2) is 0 Å². The maximum Gasteiger partial charge on any atom is 0.0718 e. The van der Waals surface area contributed by atoms with E-state index in [1.54, 1.807) is 0 Å². The maximum atomic E-state index is 9.71. The highest BCUT2D eigenvalue weighted by atomic mass is 14.3. The van der Waals surface area contributed by atoms with Crippen LogP contribution in [-0.2, 0) is 0 Å². The summed E-state index contributed by atoms with van der Waals surface area (Å²) in [6, 6.07) is 29.8. The van der Waals surface area contributed by atoms with Crippen LogP contribution in [0.3, 0.4) is 0 Å². The average Bonchev–Trinajstić information content (AvgIpc) is 2.70. The van der Waals surface area contributed by atoms with Gasteiger partial charge >= 0.3 is 0 Å². The molecule has 0 N–H and O–H groups in total. The van der Waals surface area contributed by atoms with Gasteiger partial charge in [0.2, 0.25) is 0 Å². The predicted octanol–water partition coefficient (Wildman–Crippen LogP) is 6.82. The van der Waals surface area contributed by atoms with Crippen molar-refractivity contribution in [3.05, 3.63) is 84.4 Å². The first-order valence-corrected chi connectivity index (χ1v) is 8.98. The van der Waals surface area contributed by atoms with Crippen LogP contribution in [0.5, 0.6) is 0 Å². The van der Waals surface area contributed by atoms with Crippen molar-refractivity contribution in [2.75, 3.05) is 0 Å². The fourth-order valence-corrected chi connectivity index (χ4v) is 3.33. The second-order valence-electron chi connectivity index (χ2n) is 6.32. The lowest BCUT2D eigenvalue weighted by molar-refractivity contribution is 0.672. The van der Waals surface area contributed by atoms with Gasteiger partial charge in [-0.25, -0.2) is 0 Å². The lowest BCUT2D eigenvalue weighted by Crippen LogP contribution is -1.99. The number of hydrogen-bond acceptors (Lipinski definition) is 1. The second kappa shape index (κ2) is 8.31. The summed E-state index contributed by atoms with van der Waals surface area (Å²) in [7, 11) is 0. The van der Waals surface area contributed by atoms with Gasteiger partial charge in [0, 0.05) is 0 Å². The normalized spacial score (nSPS) is 11.7. The molecule has 0 radical (unpaired) electrons. The molecule has 0 aliphatic carbocycles. The Kier molecular flexibility index (Phi) is 5.65. The number of unbranched alkanes of at least 4 members (excludes halogenated alkanes) is 1. The Hall–Kier alpha value is -2.85. The van der Waals surface area contributed by atoms with E-state index in [1.165, 1.54) is 22.3 Å². The molecule has 0 heterocycles. The van der Waals surface area contributed by atoms with E-state index in [0.717, 1.165) is 24.8 Å². The first kappa shape index (κ1) is 17.0. The zero-order valence-corrected chi connectivity index (χ0v) is 14.7. The van der Waals surface area contributed by atoms with Crippen LogP contribution in [0, 0.1) is 11.3 Å². The molecule has 1 unspecified atom stereocenters. The van der Waals surface area contributed by atoms with Gasteiger partial charge in [0.1, 0.15) is 0 Å². The lowest BCUT2D eigenvalue weighted by atomic mass is 9.85. The number of benzene rings is 3. The van der Waals surface area contributed by atoms with Crippen molar-refractivity contribution in [2.24, 2.45) is 0 Å². The molecule has 0 amide bonds. The van der Waals surface area contributed by atoms with Crippen LogP contribution >= 0.6 is 0 Å². The van der Waals surface area contributed by atoms with Crippen molar-refractivity contribution in [3.63, 3.8) is 0 Å². The molecule has 3 aromatic rings. The molecule has 3 rings (SSSR count). The van der Waals surface area contributed by atoms with Crippen molar-refractivity contribution < 1.29 is 0 Å². The first-order valence-electron chi connectivity index (χ1n) is 8.98. The van der Waals surface area contributed by atoms with Crippen LogP contribution in [0.1, 0.15) is 37.7 Å². The highest BCUT2D eigenvalue weighted by Crippen LogP contribution is 2.37. The monoisotopic (exact) mass is 325 g/mol. The Morgan fingerprint density at radius 3 is 2.04 bits per heavy atom. The molecule has 1 atom stereocenters. The van der Waals surface area contributed by atoms with Gasteiger partial charge in [0.05, 0.1) is 12.0 Å². The van der Waals surface area contributed by atoms with E-state index in [9.17, 15) is 5.26 Å². The Bertz CT molecular complexity index is 859. The topological polar surface area (TPSA) is 23.8 Å². The largest absolute Gasteiger partial charge is 0.198 e. The summed E-state index contributed by atoms with van der Waals surface area (Å²) >= 11 is 0.